The van der Waals surface area contributed by atoms with Gasteiger partial charge < -0.3 is 23.7 Å². The van der Waals surface area contributed by atoms with Crippen molar-refractivity contribution < 1.29 is 47.7 Å². The number of rotatable bonds is 8. The number of hydrogen-bond donors (Lipinski definition) is 1. The summed E-state index contributed by atoms with van der Waals surface area (Å²) >= 11 is 0. The summed E-state index contributed by atoms with van der Waals surface area (Å²) in [4.78, 5) is 52.2. The number of ether oxygens (including phenoxy) is 5. The molecule has 11 heteroatoms. The van der Waals surface area contributed by atoms with Gasteiger partial charge in [0.1, 0.15) is 19.3 Å². The van der Waals surface area contributed by atoms with Crippen LogP contribution in [-0.2, 0) is 42.9 Å². The zero-order valence-electron chi connectivity index (χ0n) is 20.5. The fourth-order valence-electron chi connectivity index (χ4n) is 4.55. The highest BCUT2D eigenvalue weighted by atomic mass is 16.8. The summed E-state index contributed by atoms with van der Waals surface area (Å²) in [5.41, 5.74) is 6.50. The number of fused-ring (bicyclic) bond motifs is 3. The molecule has 4 atom stereocenters. The minimum Gasteiger partial charge on any atom is -0.455 e. The Morgan fingerprint density at radius 3 is 1.86 bits per heavy atom. The Hall–Kier alpha value is -3.96. The molecule has 2 aromatic rings. The number of carbonyl (C=O) groups is 4. The van der Waals surface area contributed by atoms with Crippen LogP contribution in [0.15, 0.2) is 48.5 Å². The topological polar surface area (TPSA) is 136 Å². The molecule has 0 radical (unpaired) electrons. The van der Waals surface area contributed by atoms with Crippen molar-refractivity contribution in [2.24, 2.45) is 0 Å². The highest BCUT2D eigenvalue weighted by Crippen LogP contribution is 2.44. The van der Waals surface area contributed by atoms with Gasteiger partial charge in [-0.3, -0.25) is 19.2 Å². The largest absolute Gasteiger partial charge is 0.455 e. The van der Waals surface area contributed by atoms with E-state index in [2.05, 4.69) is 5.48 Å². The number of benzene rings is 2. The van der Waals surface area contributed by atoms with Crippen molar-refractivity contribution in [3.8, 4) is 11.1 Å². The molecule has 4 rings (SSSR count). The first-order valence-electron chi connectivity index (χ1n) is 11.6. The minimum atomic E-state index is -1.33. The van der Waals surface area contributed by atoms with Crippen LogP contribution in [0.4, 0.5) is 4.79 Å². The van der Waals surface area contributed by atoms with Crippen LogP contribution >= 0.6 is 0 Å². The van der Waals surface area contributed by atoms with E-state index in [0.717, 1.165) is 43.0 Å². The quantitative estimate of drug-likeness (QED) is 0.319. The third-order valence-corrected chi connectivity index (χ3v) is 5.90. The molecular weight excluding hydrogens is 486 g/mol. The van der Waals surface area contributed by atoms with Gasteiger partial charge in [-0.1, -0.05) is 48.5 Å². The average Bonchev–Trinajstić information content (AvgIpc) is 3.32. The Labute approximate surface area is 212 Å². The highest BCUT2D eigenvalue weighted by molar-refractivity contribution is 5.79. The summed E-state index contributed by atoms with van der Waals surface area (Å²) in [7, 11) is 0. The zero-order valence-corrected chi connectivity index (χ0v) is 20.5. The Morgan fingerprint density at radius 2 is 1.30 bits per heavy atom. The molecule has 11 nitrogen and oxygen atoms in total. The molecule has 196 valence electrons. The van der Waals surface area contributed by atoms with E-state index in [9.17, 15) is 19.2 Å². The molecule has 1 heterocycles. The molecule has 1 unspecified atom stereocenters. The molecule has 2 aliphatic rings. The lowest BCUT2D eigenvalue weighted by atomic mass is 9.98. The van der Waals surface area contributed by atoms with E-state index in [-0.39, 0.29) is 19.1 Å². The van der Waals surface area contributed by atoms with Gasteiger partial charge in [-0.2, -0.15) is 5.48 Å². The summed E-state index contributed by atoms with van der Waals surface area (Å²) < 4.78 is 26.4. The number of nitrogens with one attached hydrogen (secondary N) is 1. The van der Waals surface area contributed by atoms with E-state index in [1.54, 1.807) is 0 Å². The maximum Gasteiger partial charge on any atom is 0.431 e. The van der Waals surface area contributed by atoms with E-state index >= 15 is 0 Å². The third kappa shape index (κ3) is 6.07. The van der Waals surface area contributed by atoms with Gasteiger partial charge in [0, 0.05) is 26.7 Å². The number of amides is 1. The Kier molecular flexibility index (Phi) is 8.04. The van der Waals surface area contributed by atoms with Gasteiger partial charge in [0.2, 0.25) is 12.4 Å². The molecule has 1 aliphatic heterocycles. The van der Waals surface area contributed by atoms with Gasteiger partial charge >= 0.3 is 24.0 Å². The van der Waals surface area contributed by atoms with Crippen LogP contribution in [0.25, 0.3) is 11.1 Å². The number of esters is 3. The average molecular weight is 513 g/mol. The summed E-state index contributed by atoms with van der Waals surface area (Å²) in [6.45, 7) is 3.23. The first kappa shape index (κ1) is 26.1. The van der Waals surface area contributed by atoms with E-state index in [0.29, 0.717) is 0 Å². The summed E-state index contributed by atoms with van der Waals surface area (Å²) in [5.74, 6) is -2.19. The zero-order chi connectivity index (χ0) is 26.5. The lowest BCUT2D eigenvalue weighted by Gasteiger charge is -2.22. The van der Waals surface area contributed by atoms with Crippen LogP contribution in [0.2, 0.25) is 0 Å². The van der Waals surface area contributed by atoms with Crippen molar-refractivity contribution >= 4 is 24.0 Å². The van der Waals surface area contributed by atoms with Crippen molar-refractivity contribution in [2.45, 2.75) is 51.3 Å². The molecule has 1 fully saturated rings. The predicted molar refractivity (Wildman–Crippen MR) is 126 cm³/mol. The maximum absolute atomic E-state index is 12.4. The van der Waals surface area contributed by atoms with Crippen LogP contribution in [0.3, 0.4) is 0 Å². The van der Waals surface area contributed by atoms with E-state index in [1.165, 1.54) is 0 Å². The Balaban J connectivity index is 1.34. The van der Waals surface area contributed by atoms with Gasteiger partial charge in [0.15, 0.2) is 6.10 Å². The Morgan fingerprint density at radius 1 is 0.757 bits per heavy atom. The van der Waals surface area contributed by atoms with Gasteiger partial charge in [0.25, 0.3) is 0 Å². The van der Waals surface area contributed by atoms with E-state index in [4.69, 9.17) is 28.5 Å². The Bertz CT molecular complexity index is 1140. The third-order valence-electron chi connectivity index (χ3n) is 5.90. The summed E-state index contributed by atoms with van der Waals surface area (Å²) in [6, 6.07) is 15.9. The molecule has 2 aromatic carbocycles. The minimum absolute atomic E-state index is 0.0856. The maximum atomic E-state index is 12.4. The van der Waals surface area contributed by atoms with Crippen molar-refractivity contribution in [1.82, 2.24) is 5.48 Å². The molecule has 1 N–H and O–H groups in total. The van der Waals surface area contributed by atoms with Gasteiger partial charge in [-0.05, 0) is 22.3 Å². The second kappa shape index (κ2) is 11.4. The van der Waals surface area contributed by atoms with Gasteiger partial charge in [-0.25, -0.2) is 4.79 Å². The number of hydrogen-bond acceptors (Lipinski definition) is 10. The van der Waals surface area contributed by atoms with Crippen LogP contribution in [-0.4, -0.2) is 61.8 Å². The molecule has 37 heavy (non-hydrogen) atoms. The smallest absolute Gasteiger partial charge is 0.431 e. The standard InChI is InChI=1S/C26H27NO10/c1-14(28)34-23-22(37-25(36-16(3)30)24(23)35-15(2)29)13-33-27-26(31)32-12-21-19-10-6-4-8-17(19)18-9-5-7-11-20(18)21/h4-11,21-25H,12-13H2,1-3H3,(H,27,31)/t22-,23-,24-,25?/m1/s1. The molecule has 1 saturated heterocycles. The van der Waals surface area contributed by atoms with Gasteiger partial charge in [0.05, 0.1) is 0 Å². The summed E-state index contributed by atoms with van der Waals surface area (Å²) in [6.07, 6.45) is -5.54. The van der Waals surface area contributed by atoms with Crippen molar-refractivity contribution in [3.05, 3.63) is 59.7 Å². The first-order valence-corrected chi connectivity index (χ1v) is 11.6. The van der Waals surface area contributed by atoms with Crippen molar-refractivity contribution in [2.75, 3.05) is 13.2 Å². The monoisotopic (exact) mass is 513 g/mol. The van der Waals surface area contributed by atoms with Crippen LogP contribution in [0.5, 0.6) is 0 Å². The lowest BCUT2D eigenvalue weighted by Crippen LogP contribution is -2.42. The number of carbonyl (C=O) groups excluding carboxylic acids is 4. The van der Waals surface area contributed by atoms with Crippen LogP contribution in [0.1, 0.15) is 37.8 Å². The van der Waals surface area contributed by atoms with Crippen molar-refractivity contribution in [1.29, 1.82) is 0 Å². The van der Waals surface area contributed by atoms with Crippen LogP contribution < -0.4 is 5.48 Å². The lowest BCUT2D eigenvalue weighted by molar-refractivity contribution is -0.197. The molecule has 0 spiro atoms. The second-order valence-electron chi connectivity index (χ2n) is 8.54. The second-order valence-corrected chi connectivity index (χ2v) is 8.54. The molecule has 1 aliphatic carbocycles. The fraction of sp³-hybridized carbons (Fsp3) is 0.385. The predicted octanol–water partition coefficient (Wildman–Crippen LogP) is 2.61. The SMILES string of the molecule is CC(=O)OC1O[C@H](CONC(=O)OCC2c3ccccc3-c3ccccc32)[C@@H](OC(C)=O)[C@H]1OC(C)=O. The van der Waals surface area contributed by atoms with Gasteiger partial charge in [-0.15, -0.1) is 0 Å². The summed E-state index contributed by atoms with van der Waals surface area (Å²) in [5, 5.41) is 0. The normalized spacial score (nSPS) is 21.9. The highest BCUT2D eigenvalue weighted by Gasteiger charge is 2.51. The number of hydroxylamine groups is 1. The fourth-order valence-corrected chi connectivity index (χ4v) is 4.55. The van der Waals surface area contributed by atoms with E-state index in [1.807, 2.05) is 48.5 Å². The first-order chi connectivity index (χ1) is 17.7. The van der Waals surface area contributed by atoms with Crippen molar-refractivity contribution in [3.63, 3.8) is 0 Å². The van der Waals surface area contributed by atoms with Crippen LogP contribution in [0, 0.1) is 0 Å². The van der Waals surface area contributed by atoms with E-state index < -0.39 is 48.6 Å². The molecule has 0 bridgehead atoms. The molecule has 1 amide bonds. The molecule has 0 saturated carbocycles. The molecule has 0 aromatic heterocycles. The molecular formula is C26H27NO10.